The highest BCUT2D eigenvalue weighted by Gasteiger charge is 2.26. The van der Waals surface area contributed by atoms with Gasteiger partial charge in [-0.05, 0) is 25.5 Å². The van der Waals surface area contributed by atoms with Gasteiger partial charge in [-0.25, -0.2) is 0 Å². The van der Waals surface area contributed by atoms with E-state index in [1.54, 1.807) is 25.1 Å². The van der Waals surface area contributed by atoms with Gasteiger partial charge in [0.2, 0.25) is 5.88 Å². The number of aromatic nitrogens is 1. The van der Waals surface area contributed by atoms with Crippen LogP contribution in [0.15, 0.2) is 28.8 Å². The third-order valence-corrected chi connectivity index (χ3v) is 3.64. The third kappa shape index (κ3) is 3.45. The minimum absolute atomic E-state index is 0.131. The number of anilines is 1. The van der Waals surface area contributed by atoms with Gasteiger partial charge in [0, 0.05) is 6.07 Å². The largest absolute Gasteiger partial charge is 0.496 e. The molecule has 0 spiro atoms. The van der Waals surface area contributed by atoms with Gasteiger partial charge in [-0.1, -0.05) is 18.1 Å². The zero-order valence-corrected chi connectivity index (χ0v) is 13.5. The van der Waals surface area contributed by atoms with Crippen LogP contribution >= 0.6 is 0 Å². The Bertz CT molecular complexity index is 671. The highest BCUT2D eigenvalue weighted by molar-refractivity contribution is 6.07. The SMILES string of the molecule is CCC(C)(O)c1cc(NC(=O)c2c(OC)cccc2OC)on1. The van der Waals surface area contributed by atoms with E-state index >= 15 is 0 Å². The van der Waals surface area contributed by atoms with E-state index < -0.39 is 11.5 Å². The van der Waals surface area contributed by atoms with Crippen LogP contribution in [0.5, 0.6) is 11.5 Å². The Morgan fingerprint density at radius 3 is 2.48 bits per heavy atom. The maximum absolute atomic E-state index is 12.5. The lowest BCUT2D eigenvalue weighted by atomic mass is 10.00. The first-order chi connectivity index (χ1) is 10.9. The molecule has 0 aliphatic rings. The number of carbonyl (C=O) groups is 1. The molecule has 23 heavy (non-hydrogen) atoms. The zero-order valence-electron chi connectivity index (χ0n) is 13.5. The number of hydrogen-bond donors (Lipinski definition) is 2. The molecule has 1 aromatic carbocycles. The molecule has 0 aliphatic heterocycles. The minimum atomic E-state index is -1.12. The predicted molar refractivity (Wildman–Crippen MR) is 83.9 cm³/mol. The van der Waals surface area contributed by atoms with Crippen LogP contribution in [0.2, 0.25) is 0 Å². The van der Waals surface area contributed by atoms with Crippen LogP contribution < -0.4 is 14.8 Å². The van der Waals surface area contributed by atoms with Gasteiger partial charge in [-0.2, -0.15) is 0 Å². The molecule has 2 aromatic rings. The number of methoxy groups -OCH3 is 2. The molecule has 7 nitrogen and oxygen atoms in total. The highest BCUT2D eigenvalue weighted by Crippen LogP contribution is 2.30. The van der Waals surface area contributed by atoms with Crippen molar-refractivity contribution in [3.8, 4) is 11.5 Å². The van der Waals surface area contributed by atoms with E-state index in [1.165, 1.54) is 20.3 Å². The van der Waals surface area contributed by atoms with Crippen LogP contribution in [0.1, 0.15) is 36.3 Å². The number of nitrogens with zero attached hydrogens (tertiary/aromatic N) is 1. The van der Waals surface area contributed by atoms with Crippen molar-refractivity contribution < 1.29 is 23.9 Å². The number of nitrogens with one attached hydrogen (secondary N) is 1. The number of hydrogen-bond acceptors (Lipinski definition) is 6. The Morgan fingerprint density at radius 1 is 1.35 bits per heavy atom. The summed E-state index contributed by atoms with van der Waals surface area (Å²) >= 11 is 0. The van der Waals surface area contributed by atoms with E-state index in [4.69, 9.17) is 14.0 Å². The van der Waals surface area contributed by atoms with Crippen molar-refractivity contribution in [3.05, 3.63) is 35.5 Å². The van der Waals surface area contributed by atoms with Crippen molar-refractivity contribution in [1.82, 2.24) is 5.16 Å². The maximum Gasteiger partial charge on any atom is 0.265 e. The molecule has 124 valence electrons. The number of ether oxygens (including phenoxy) is 2. The first-order valence-corrected chi connectivity index (χ1v) is 7.14. The molecule has 1 aromatic heterocycles. The predicted octanol–water partition coefficient (Wildman–Crippen LogP) is 2.56. The van der Waals surface area contributed by atoms with Crippen LogP contribution in [0.25, 0.3) is 0 Å². The Balaban J connectivity index is 2.27. The topological polar surface area (TPSA) is 93.8 Å². The van der Waals surface area contributed by atoms with Crippen molar-refractivity contribution in [1.29, 1.82) is 0 Å². The average Bonchev–Trinajstić information content (AvgIpc) is 3.03. The molecule has 0 saturated carbocycles. The van der Waals surface area contributed by atoms with E-state index in [2.05, 4.69) is 10.5 Å². The summed E-state index contributed by atoms with van der Waals surface area (Å²) in [6, 6.07) is 6.53. The lowest BCUT2D eigenvalue weighted by Crippen LogP contribution is -2.20. The summed E-state index contributed by atoms with van der Waals surface area (Å²) in [5, 5.41) is 16.5. The van der Waals surface area contributed by atoms with Gasteiger partial charge in [0.15, 0.2) is 0 Å². The van der Waals surface area contributed by atoms with E-state index in [9.17, 15) is 9.90 Å². The van der Waals surface area contributed by atoms with Crippen LogP contribution in [-0.4, -0.2) is 30.4 Å². The van der Waals surface area contributed by atoms with Gasteiger partial charge in [-0.3, -0.25) is 10.1 Å². The number of benzene rings is 1. The van der Waals surface area contributed by atoms with Gasteiger partial charge in [-0.15, -0.1) is 0 Å². The quantitative estimate of drug-likeness (QED) is 0.849. The molecular weight excluding hydrogens is 300 g/mol. The van der Waals surface area contributed by atoms with Gasteiger partial charge in [0.05, 0.1) is 14.2 Å². The van der Waals surface area contributed by atoms with Gasteiger partial charge < -0.3 is 19.1 Å². The standard InChI is InChI=1S/C16H20N2O5/c1-5-16(2,20)12-9-13(23-18-12)17-15(19)14-10(21-3)7-6-8-11(14)22-4/h6-9,20H,5H2,1-4H3,(H,17,19). The average molecular weight is 320 g/mol. The summed E-state index contributed by atoms with van der Waals surface area (Å²) in [6.07, 6.45) is 0.466. The molecule has 0 saturated heterocycles. The summed E-state index contributed by atoms with van der Waals surface area (Å²) in [7, 11) is 2.94. The first kappa shape index (κ1) is 16.8. The first-order valence-electron chi connectivity index (χ1n) is 7.14. The molecule has 0 bridgehead atoms. The molecule has 1 unspecified atom stereocenters. The minimum Gasteiger partial charge on any atom is -0.496 e. The van der Waals surface area contributed by atoms with E-state index in [1.807, 2.05) is 6.92 Å². The van der Waals surface area contributed by atoms with Gasteiger partial charge >= 0.3 is 0 Å². The molecule has 1 heterocycles. The fraction of sp³-hybridized carbons (Fsp3) is 0.375. The lowest BCUT2D eigenvalue weighted by Gasteiger charge is -2.16. The zero-order chi connectivity index (χ0) is 17.0. The number of rotatable bonds is 6. The van der Waals surface area contributed by atoms with Crippen molar-refractivity contribution in [3.63, 3.8) is 0 Å². The summed E-state index contributed by atoms with van der Waals surface area (Å²) in [6.45, 7) is 3.45. The molecular formula is C16H20N2O5. The van der Waals surface area contributed by atoms with Gasteiger partial charge in [0.1, 0.15) is 28.4 Å². The number of amides is 1. The van der Waals surface area contributed by atoms with Crippen LogP contribution in [0.3, 0.4) is 0 Å². The Morgan fingerprint density at radius 2 is 1.96 bits per heavy atom. The second kappa shape index (κ2) is 6.70. The molecule has 0 aliphatic carbocycles. The third-order valence-electron chi connectivity index (χ3n) is 3.64. The monoisotopic (exact) mass is 320 g/mol. The fourth-order valence-electron chi connectivity index (χ4n) is 2.02. The molecule has 1 amide bonds. The second-order valence-electron chi connectivity index (χ2n) is 5.20. The smallest absolute Gasteiger partial charge is 0.265 e. The van der Waals surface area contributed by atoms with E-state index in [0.717, 1.165) is 0 Å². The molecule has 2 N–H and O–H groups in total. The second-order valence-corrected chi connectivity index (χ2v) is 5.20. The van der Waals surface area contributed by atoms with E-state index in [0.29, 0.717) is 23.6 Å². The lowest BCUT2D eigenvalue weighted by molar-refractivity contribution is 0.0453. The van der Waals surface area contributed by atoms with Crippen LogP contribution in [0.4, 0.5) is 5.88 Å². The van der Waals surface area contributed by atoms with E-state index in [-0.39, 0.29) is 11.4 Å². The van der Waals surface area contributed by atoms with Crippen LogP contribution in [-0.2, 0) is 5.60 Å². The van der Waals surface area contributed by atoms with Crippen LogP contribution in [0, 0.1) is 0 Å². The summed E-state index contributed by atoms with van der Waals surface area (Å²) < 4.78 is 15.5. The maximum atomic E-state index is 12.5. The number of aliphatic hydroxyl groups is 1. The Hall–Kier alpha value is -2.54. The molecule has 2 rings (SSSR count). The molecule has 1 atom stereocenters. The number of carbonyl (C=O) groups excluding carboxylic acids is 1. The highest BCUT2D eigenvalue weighted by atomic mass is 16.5. The molecule has 0 fully saturated rings. The molecule has 7 heteroatoms. The Labute approximate surface area is 134 Å². The molecule has 0 radical (unpaired) electrons. The normalized spacial score (nSPS) is 13.3. The summed E-state index contributed by atoms with van der Waals surface area (Å²) in [5.41, 5.74) is -0.519. The summed E-state index contributed by atoms with van der Waals surface area (Å²) in [4.78, 5) is 12.5. The van der Waals surface area contributed by atoms with Gasteiger partial charge in [0.25, 0.3) is 5.91 Å². The fourth-order valence-corrected chi connectivity index (χ4v) is 2.02. The van der Waals surface area contributed by atoms with Crippen molar-refractivity contribution in [2.75, 3.05) is 19.5 Å². The van der Waals surface area contributed by atoms with Crippen molar-refractivity contribution >= 4 is 11.8 Å². The van der Waals surface area contributed by atoms with Crippen molar-refractivity contribution in [2.45, 2.75) is 25.9 Å². The summed E-state index contributed by atoms with van der Waals surface area (Å²) in [5.74, 6) is 0.425. The van der Waals surface area contributed by atoms with Crippen molar-refractivity contribution in [2.24, 2.45) is 0 Å². The Kier molecular flexibility index (Phi) is 4.90.